The van der Waals surface area contributed by atoms with E-state index >= 15 is 0 Å². The first-order chi connectivity index (χ1) is 14.2. The molecule has 0 saturated carbocycles. The molecular weight excluding hydrogens is 374 g/mol. The summed E-state index contributed by atoms with van der Waals surface area (Å²) in [7, 11) is 3.61. The van der Waals surface area contributed by atoms with Crippen molar-refractivity contribution >= 4 is 17.5 Å². The monoisotopic (exact) mass is 409 g/mol. The molecule has 0 aliphatic carbocycles. The molecule has 0 aliphatic rings. The molecule has 1 atom stereocenters. The molecule has 0 spiro atoms. The first kappa shape index (κ1) is 23.6. The van der Waals surface area contributed by atoms with E-state index in [1.807, 2.05) is 43.1 Å². The van der Waals surface area contributed by atoms with Crippen LogP contribution in [0.1, 0.15) is 50.3 Å². The molecule has 162 valence electrons. The highest BCUT2D eigenvalue weighted by Crippen LogP contribution is 2.17. The Morgan fingerprint density at radius 2 is 1.60 bits per heavy atom. The van der Waals surface area contributed by atoms with E-state index in [-0.39, 0.29) is 24.4 Å². The van der Waals surface area contributed by atoms with Crippen LogP contribution in [-0.2, 0) is 22.6 Å². The molecule has 0 heterocycles. The van der Waals surface area contributed by atoms with Crippen molar-refractivity contribution in [3.63, 3.8) is 0 Å². The van der Waals surface area contributed by atoms with Gasteiger partial charge < -0.3 is 10.2 Å². The van der Waals surface area contributed by atoms with E-state index in [4.69, 9.17) is 0 Å². The van der Waals surface area contributed by atoms with Crippen LogP contribution < -0.4 is 5.32 Å². The maximum Gasteiger partial charge on any atom is 0.243 e. The molecule has 1 unspecified atom stereocenters. The number of likely N-dealkylation sites (N-methyl/N-ethyl adjacent to an activating group) is 2. The van der Waals surface area contributed by atoms with E-state index in [2.05, 4.69) is 50.4 Å². The molecule has 5 heteroatoms. The molecule has 30 heavy (non-hydrogen) atoms. The van der Waals surface area contributed by atoms with E-state index in [0.29, 0.717) is 12.5 Å². The van der Waals surface area contributed by atoms with Gasteiger partial charge in [0.05, 0.1) is 12.6 Å². The number of para-hydroxylation sites is 1. The highest BCUT2D eigenvalue weighted by atomic mass is 16.2. The Balaban J connectivity index is 1.91. The van der Waals surface area contributed by atoms with Crippen molar-refractivity contribution in [3.05, 3.63) is 65.2 Å². The first-order valence-electron chi connectivity index (χ1n) is 10.6. The summed E-state index contributed by atoms with van der Waals surface area (Å²) in [6, 6.07) is 15.9. The molecule has 2 aromatic rings. The zero-order valence-electron chi connectivity index (χ0n) is 19.1. The Bertz CT molecular complexity index is 846. The minimum absolute atomic E-state index is 0.0259. The van der Waals surface area contributed by atoms with E-state index in [1.165, 1.54) is 10.5 Å². The summed E-state index contributed by atoms with van der Waals surface area (Å²) in [5.74, 6) is 0.238. The number of nitrogens with zero attached hydrogens (tertiary/aromatic N) is 2. The number of amides is 2. The summed E-state index contributed by atoms with van der Waals surface area (Å²) < 4.78 is 0. The standard InChI is InChI=1S/C25H35N3O2/c1-7-21-10-8-9-11-23(21)26-24(29)17-28(6)25(30)19(4)27(5)16-20-12-14-22(15-13-20)18(2)3/h8-15,18-19H,7,16-17H2,1-6H3,(H,26,29). The molecule has 2 amide bonds. The summed E-state index contributed by atoms with van der Waals surface area (Å²) >= 11 is 0. The number of carbonyl (C=O) groups is 2. The highest BCUT2D eigenvalue weighted by molar-refractivity contribution is 5.95. The molecule has 0 aromatic heterocycles. The Labute approximate surface area is 181 Å². The van der Waals surface area contributed by atoms with Gasteiger partial charge in [0.2, 0.25) is 11.8 Å². The van der Waals surface area contributed by atoms with Crippen LogP contribution in [-0.4, -0.2) is 48.3 Å². The largest absolute Gasteiger partial charge is 0.335 e. The Kier molecular flexibility index (Phi) is 8.60. The van der Waals surface area contributed by atoms with E-state index < -0.39 is 0 Å². The van der Waals surface area contributed by atoms with Crippen molar-refractivity contribution < 1.29 is 9.59 Å². The topological polar surface area (TPSA) is 52.7 Å². The minimum Gasteiger partial charge on any atom is -0.335 e. The molecule has 1 N–H and O–H groups in total. The first-order valence-corrected chi connectivity index (χ1v) is 10.6. The highest BCUT2D eigenvalue weighted by Gasteiger charge is 2.23. The maximum atomic E-state index is 12.8. The Morgan fingerprint density at radius 1 is 0.967 bits per heavy atom. The van der Waals surface area contributed by atoms with Gasteiger partial charge in [-0.1, -0.05) is 63.2 Å². The summed E-state index contributed by atoms with van der Waals surface area (Å²) in [4.78, 5) is 28.8. The van der Waals surface area contributed by atoms with Crippen LogP contribution in [0.2, 0.25) is 0 Å². The van der Waals surface area contributed by atoms with Gasteiger partial charge in [-0.15, -0.1) is 0 Å². The van der Waals surface area contributed by atoms with Crippen molar-refractivity contribution in [2.24, 2.45) is 0 Å². The third-order valence-electron chi connectivity index (χ3n) is 5.53. The van der Waals surface area contributed by atoms with Crippen LogP contribution in [0.5, 0.6) is 0 Å². The van der Waals surface area contributed by atoms with Crippen molar-refractivity contribution in [2.75, 3.05) is 26.0 Å². The van der Waals surface area contributed by atoms with Gasteiger partial charge in [0.1, 0.15) is 0 Å². The minimum atomic E-state index is -0.324. The quantitative estimate of drug-likeness (QED) is 0.672. The maximum absolute atomic E-state index is 12.8. The predicted molar refractivity (Wildman–Crippen MR) is 124 cm³/mol. The van der Waals surface area contributed by atoms with Gasteiger partial charge in [0.25, 0.3) is 0 Å². The predicted octanol–water partition coefficient (Wildman–Crippen LogP) is 4.29. The second-order valence-corrected chi connectivity index (χ2v) is 8.24. The third kappa shape index (κ3) is 6.42. The number of aryl methyl sites for hydroxylation is 1. The van der Waals surface area contributed by atoms with Crippen molar-refractivity contribution in [3.8, 4) is 0 Å². The zero-order valence-corrected chi connectivity index (χ0v) is 19.1. The van der Waals surface area contributed by atoms with Gasteiger partial charge >= 0.3 is 0 Å². The normalized spacial score (nSPS) is 12.1. The lowest BCUT2D eigenvalue weighted by molar-refractivity contribution is -0.137. The average molecular weight is 410 g/mol. The van der Waals surface area contributed by atoms with Gasteiger partial charge in [0, 0.05) is 19.3 Å². The summed E-state index contributed by atoms with van der Waals surface area (Å²) in [5, 5.41) is 2.92. The van der Waals surface area contributed by atoms with Gasteiger partial charge in [-0.3, -0.25) is 14.5 Å². The van der Waals surface area contributed by atoms with Crippen molar-refractivity contribution in [2.45, 2.75) is 52.6 Å². The molecule has 0 saturated heterocycles. The number of carbonyl (C=O) groups excluding carboxylic acids is 2. The number of benzene rings is 2. The molecule has 0 radical (unpaired) electrons. The molecule has 0 fully saturated rings. The van der Waals surface area contributed by atoms with E-state index in [9.17, 15) is 9.59 Å². The van der Waals surface area contributed by atoms with Crippen LogP contribution in [0.3, 0.4) is 0 Å². The molecule has 5 nitrogen and oxygen atoms in total. The van der Waals surface area contributed by atoms with Gasteiger partial charge in [0.15, 0.2) is 0 Å². The molecule has 0 aliphatic heterocycles. The number of hydrogen-bond donors (Lipinski definition) is 1. The van der Waals surface area contributed by atoms with Crippen LogP contribution >= 0.6 is 0 Å². The van der Waals surface area contributed by atoms with Gasteiger partial charge in [-0.05, 0) is 49.1 Å². The van der Waals surface area contributed by atoms with Gasteiger partial charge in [-0.25, -0.2) is 0 Å². The van der Waals surface area contributed by atoms with Crippen LogP contribution in [0.25, 0.3) is 0 Å². The molecule has 0 bridgehead atoms. The lowest BCUT2D eigenvalue weighted by Crippen LogP contribution is -2.46. The summed E-state index contributed by atoms with van der Waals surface area (Å²) in [6.45, 7) is 8.98. The number of nitrogens with one attached hydrogen (secondary N) is 1. The number of anilines is 1. The summed E-state index contributed by atoms with van der Waals surface area (Å²) in [6.07, 6.45) is 0.838. The second kappa shape index (κ2) is 10.9. The van der Waals surface area contributed by atoms with E-state index in [0.717, 1.165) is 23.2 Å². The Morgan fingerprint density at radius 3 is 2.20 bits per heavy atom. The fourth-order valence-electron chi connectivity index (χ4n) is 3.37. The van der Waals surface area contributed by atoms with Crippen molar-refractivity contribution in [1.29, 1.82) is 0 Å². The van der Waals surface area contributed by atoms with Crippen LogP contribution in [0.15, 0.2) is 48.5 Å². The third-order valence-corrected chi connectivity index (χ3v) is 5.53. The van der Waals surface area contributed by atoms with Crippen molar-refractivity contribution in [1.82, 2.24) is 9.80 Å². The number of rotatable bonds is 9. The fourth-order valence-corrected chi connectivity index (χ4v) is 3.37. The van der Waals surface area contributed by atoms with Crippen LogP contribution in [0.4, 0.5) is 5.69 Å². The smallest absolute Gasteiger partial charge is 0.243 e. The van der Waals surface area contributed by atoms with Gasteiger partial charge in [-0.2, -0.15) is 0 Å². The SMILES string of the molecule is CCc1ccccc1NC(=O)CN(C)C(=O)C(C)N(C)Cc1ccc(C(C)C)cc1. The molecule has 2 rings (SSSR count). The number of hydrogen-bond acceptors (Lipinski definition) is 3. The lowest BCUT2D eigenvalue weighted by atomic mass is 10.0. The zero-order chi connectivity index (χ0) is 22.3. The van der Waals surface area contributed by atoms with Crippen LogP contribution in [0, 0.1) is 0 Å². The fraction of sp³-hybridized carbons (Fsp3) is 0.440. The molecule has 2 aromatic carbocycles. The summed E-state index contributed by atoms with van der Waals surface area (Å²) in [5.41, 5.74) is 4.36. The molecular formula is C25H35N3O2. The Hall–Kier alpha value is -2.66. The lowest BCUT2D eigenvalue weighted by Gasteiger charge is -2.28. The van der Waals surface area contributed by atoms with E-state index in [1.54, 1.807) is 7.05 Å². The average Bonchev–Trinajstić information content (AvgIpc) is 2.73. The second-order valence-electron chi connectivity index (χ2n) is 8.24.